The lowest BCUT2D eigenvalue weighted by atomic mass is 10.1. The van der Waals surface area contributed by atoms with Crippen LogP contribution in [0.3, 0.4) is 0 Å². The first-order valence-corrected chi connectivity index (χ1v) is 6.31. The van der Waals surface area contributed by atoms with Gasteiger partial charge in [-0.25, -0.2) is 4.39 Å². The van der Waals surface area contributed by atoms with E-state index in [2.05, 4.69) is 5.32 Å². The van der Waals surface area contributed by atoms with Crippen LogP contribution >= 0.6 is 11.6 Å². The Kier molecular flexibility index (Phi) is 4.48. The van der Waals surface area contributed by atoms with Crippen LogP contribution in [0.1, 0.15) is 10.4 Å². The molecule has 0 aliphatic carbocycles. The van der Waals surface area contributed by atoms with Crippen molar-refractivity contribution < 1.29 is 14.0 Å². The average molecular weight is 292 g/mol. The summed E-state index contributed by atoms with van der Waals surface area (Å²) < 4.78 is 12.7. The Balaban J connectivity index is 2.05. The molecule has 0 aliphatic heterocycles. The number of anilines is 1. The molecule has 2 aromatic rings. The Bertz CT molecular complexity index is 614. The first kappa shape index (κ1) is 14.2. The van der Waals surface area contributed by atoms with Gasteiger partial charge in [0.2, 0.25) is 5.91 Å². The highest BCUT2D eigenvalue weighted by Crippen LogP contribution is 2.13. The second kappa shape index (κ2) is 6.30. The van der Waals surface area contributed by atoms with Crippen molar-refractivity contribution in [3.63, 3.8) is 0 Å². The van der Waals surface area contributed by atoms with E-state index in [0.717, 1.165) is 0 Å². The molecule has 0 saturated carbocycles. The van der Waals surface area contributed by atoms with Crippen LogP contribution in [0, 0.1) is 5.82 Å². The number of carbonyl (C=O) groups excluding carboxylic acids is 2. The van der Waals surface area contributed by atoms with E-state index < -0.39 is 22.9 Å². The topological polar surface area (TPSA) is 46.2 Å². The highest BCUT2D eigenvalue weighted by molar-refractivity contribution is 6.45. The maximum absolute atomic E-state index is 12.7. The van der Waals surface area contributed by atoms with Crippen LogP contribution in [0.25, 0.3) is 0 Å². The molecule has 2 aromatic carbocycles. The summed E-state index contributed by atoms with van der Waals surface area (Å²) in [6, 6.07) is 13.5. The number of alkyl halides is 1. The van der Waals surface area contributed by atoms with Gasteiger partial charge in [-0.05, 0) is 24.3 Å². The Morgan fingerprint density at radius 1 is 1.00 bits per heavy atom. The minimum absolute atomic E-state index is 0.363. The predicted octanol–water partition coefficient (Wildman–Crippen LogP) is 3.25. The van der Waals surface area contributed by atoms with Crippen LogP contribution in [-0.4, -0.2) is 17.1 Å². The lowest BCUT2D eigenvalue weighted by Gasteiger charge is -2.09. The molecule has 20 heavy (non-hydrogen) atoms. The van der Waals surface area contributed by atoms with Crippen molar-refractivity contribution in [2.24, 2.45) is 0 Å². The van der Waals surface area contributed by atoms with Crippen LogP contribution in [-0.2, 0) is 4.79 Å². The highest BCUT2D eigenvalue weighted by atomic mass is 35.5. The molecule has 0 bridgehead atoms. The van der Waals surface area contributed by atoms with E-state index in [1.807, 2.05) is 0 Å². The van der Waals surface area contributed by atoms with Gasteiger partial charge in [0, 0.05) is 11.3 Å². The van der Waals surface area contributed by atoms with E-state index in [1.54, 1.807) is 30.3 Å². The van der Waals surface area contributed by atoms with Crippen LogP contribution in [0.5, 0.6) is 0 Å². The summed E-state index contributed by atoms with van der Waals surface area (Å²) in [6.07, 6.45) is 0. The van der Waals surface area contributed by atoms with E-state index >= 15 is 0 Å². The fraction of sp³-hybridized carbons (Fsp3) is 0.0667. The number of hydrogen-bond donors (Lipinski definition) is 1. The second-order valence-electron chi connectivity index (χ2n) is 4.09. The van der Waals surface area contributed by atoms with Gasteiger partial charge in [-0.15, -0.1) is 11.6 Å². The van der Waals surface area contributed by atoms with Crippen molar-refractivity contribution in [3.05, 3.63) is 66.0 Å². The third-order valence-electron chi connectivity index (χ3n) is 2.63. The largest absolute Gasteiger partial charge is 0.324 e. The summed E-state index contributed by atoms with van der Waals surface area (Å²) in [5, 5.41) is 1.13. The van der Waals surface area contributed by atoms with Crippen LogP contribution in [0.4, 0.5) is 10.1 Å². The van der Waals surface area contributed by atoms with Gasteiger partial charge in [-0.2, -0.15) is 0 Å². The van der Waals surface area contributed by atoms with Gasteiger partial charge in [0.05, 0.1) is 0 Å². The minimum Gasteiger partial charge on any atom is -0.324 e. The van der Waals surface area contributed by atoms with Gasteiger partial charge < -0.3 is 5.32 Å². The molecular weight excluding hydrogens is 281 g/mol. The highest BCUT2D eigenvalue weighted by Gasteiger charge is 2.25. The average Bonchev–Trinajstić information content (AvgIpc) is 2.49. The van der Waals surface area contributed by atoms with Gasteiger partial charge in [0.25, 0.3) is 0 Å². The van der Waals surface area contributed by atoms with Gasteiger partial charge in [-0.1, -0.05) is 30.3 Å². The molecule has 1 atom stereocenters. The van der Waals surface area contributed by atoms with Crippen molar-refractivity contribution in [1.29, 1.82) is 0 Å². The zero-order chi connectivity index (χ0) is 14.5. The molecule has 0 fully saturated rings. The number of amides is 1. The van der Waals surface area contributed by atoms with E-state index in [0.29, 0.717) is 11.3 Å². The Morgan fingerprint density at radius 3 is 2.20 bits per heavy atom. The number of ketones is 1. The van der Waals surface area contributed by atoms with Gasteiger partial charge in [0.15, 0.2) is 11.2 Å². The summed E-state index contributed by atoms with van der Waals surface area (Å²) in [5.41, 5.74) is 0.740. The third-order valence-corrected chi connectivity index (χ3v) is 3.03. The second-order valence-corrected chi connectivity index (χ2v) is 4.53. The molecule has 0 radical (unpaired) electrons. The summed E-state index contributed by atoms with van der Waals surface area (Å²) in [6.45, 7) is 0. The molecule has 2 rings (SSSR count). The molecular formula is C15H11ClFNO2. The van der Waals surface area contributed by atoms with Crippen molar-refractivity contribution in [3.8, 4) is 0 Å². The van der Waals surface area contributed by atoms with Gasteiger partial charge in [-0.3, -0.25) is 9.59 Å². The number of carbonyl (C=O) groups is 2. The van der Waals surface area contributed by atoms with Crippen LogP contribution in [0.15, 0.2) is 54.6 Å². The van der Waals surface area contributed by atoms with E-state index in [-0.39, 0.29) is 0 Å². The summed E-state index contributed by atoms with van der Waals surface area (Å²) >= 11 is 5.86. The summed E-state index contributed by atoms with van der Waals surface area (Å²) in [5.74, 6) is -1.54. The Morgan fingerprint density at radius 2 is 1.60 bits per heavy atom. The van der Waals surface area contributed by atoms with Crippen molar-refractivity contribution >= 4 is 29.0 Å². The maximum atomic E-state index is 12.7. The molecule has 1 amide bonds. The molecule has 5 heteroatoms. The van der Waals surface area contributed by atoms with Crippen LogP contribution in [0.2, 0.25) is 0 Å². The monoisotopic (exact) mass is 291 g/mol. The SMILES string of the molecule is O=C(Nc1ccc(F)cc1)[C@H](Cl)C(=O)c1ccccc1. The number of rotatable bonds is 4. The normalized spacial score (nSPS) is 11.7. The summed E-state index contributed by atoms with van der Waals surface area (Å²) in [7, 11) is 0. The van der Waals surface area contributed by atoms with E-state index in [1.165, 1.54) is 24.3 Å². The molecule has 0 spiro atoms. The maximum Gasteiger partial charge on any atom is 0.250 e. The lowest BCUT2D eigenvalue weighted by Crippen LogP contribution is -2.30. The van der Waals surface area contributed by atoms with E-state index in [9.17, 15) is 14.0 Å². The molecule has 0 aromatic heterocycles. The first-order chi connectivity index (χ1) is 9.58. The summed E-state index contributed by atoms with van der Waals surface area (Å²) in [4.78, 5) is 23.8. The lowest BCUT2D eigenvalue weighted by molar-refractivity contribution is -0.115. The van der Waals surface area contributed by atoms with Crippen LogP contribution < -0.4 is 5.32 Å². The molecule has 0 saturated heterocycles. The molecule has 102 valence electrons. The zero-order valence-corrected chi connectivity index (χ0v) is 11.1. The number of Topliss-reactive ketones (excluding diaryl/α,β-unsaturated/α-hetero) is 1. The molecule has 0 aliphatic rings. The molecule has 3 nitrogen and oxygen atoms in total. The van der Waals surface area contributed by atoms with Crippen molar-refractivity contribution in [2.45, 2.75) is 5.38 Å². The smallest absolute Gasteiger partial charge is 0.250 e. The number of hydrogen-bond acceptors (Lipinski definition) is 2. The van der Waals surface area contributed by atoms with Gasteiger partial charge >= 0.3 is 0 Å². The quantitative estimate of drug-likeness (QED) is 0.534. The fourth-order valence-corrected chi connectivity index (χ4v) is 1.79. The predicted molar refractivity (Wildman–Crippen MR) is 75.4 cm³/mol. The van der Waals surface area contributed by atoms with Gasteiger partial charge in [0.1, 0.15) is 5.82 Å². The van der Waals surface area contributed by atoms with Crippen molar-refractivity contribution in [2.75, 3.05) is 5.32 Å². The molecule has 1 N–H and O–H groups in total. The van der Waals surface area contributed by atoms with E-state index in [4.69, 9.17) is 11.6 Å². The first-order valence-electron chi connectivity index (χ1n) is 5.87. The standard InChI is InChI=1S/C15H11ClFNO2/c16-13(14(19)10-4-2-1-3-5-10)15(20)18-12-8-6-11(17)7-9-12/h1-9,13H,(H,18,20)/t13-/m1/s1. The molecule has 0 unspecified atom stereocenters. The number of nitrogens with one attached hydrogen (secondary N) is 1. The molecule has 0 heterocycles. The number of halogens is 2. The minimum atomic E-state index is -1.33. The zero-order valence-electron chi connectivity index (χ0n) is 10.3. The Labute approximate surface area is 120 Å². The number of benzene rings is 2. The van der Waals surface area contributed by atoms with Crippen molar-refractivity contribution in [1.82, 2.24) is 0 Å². The third kappa shape index (κ3) is 3.42. The fourth-order valence-electron chi connectivity index (χ4n) is 1.61. The Hall–Kier alpha value is -2.20.